The molecule has 1 fully saturated rings. The second-order valence-electron chi connectivity index (χ2n) is 5.90. The van der Waals surface area contributed by atoms with Crippen molar-refractivity contribution in [1.29, 1.82) is 0 Å². The zero-order valence-electron chi connectivity index (χ0n) is 12.9. The highest BCUT2D eigenvalue weighted by Crippen LogP contribution is 2.18. The summed E-state index contributed by atoms with van der Waals surface area (Å²) >= 11 is 1.33. The molecule has 1 saturated heterocycles. The van der Waals surface area contributed by atoms with Crippen LogP contribution in [0.1, 0.15) is 20.3 Å². The Hall–Kier alpha value is -0.790. The molecule has 21 heavy (non-hydrogen) atoms. The van der Waals surface area contributed by atoms with Gasteiger partial charge < -0.3 is 20.1 Å². The van der Waals surface area contributed by atoms with Gasteiger partial charge in [0.05, 0.1) is 24.7 Å². The van der Waals surface area contributed by atoms with Crippen molar-refractivity contribution in [3.63, 3.8) is 0 Å². The van der Waals surface area contributed by atoms with Crippen LogP contribution in [0.25, 0.3) is 0 Å². The molecular formula is C14H26N2O4S. The molecule has 0 bridgehead atoms. The van der Waals surface area contributed by atoms with Crippen molar-refractivity contribution < 1.29 is 19.4 Å². The summed E-state index contributed by atoms with van der Waals surface area (Å²) in [4.78, 5) is 25.4. The van der Waals surface area contributed by atoms with Gasteiger partial charge in [-0.3, -0.25) is 9.59 Å². The number of nitrogens with zero attached hydrogens (tertiary/aromatic N) is 1. The number of nitrogens with one attached hydrogen (secondary N) is 1. The van der Waals surface area contributed by atoms with Gasteiger partial charge in [-0.1, -0.05) is 13.8 Å². The average Bonchev–Trinajstić information content (AvgIpc) is 2.46. The second kappa shape index (κ2) is 9.27. The Morgan fingerprint density at radius 3 is 2.57 bits per heavy atom. The maximum Gasteiger partial charge on any atom is 0.232 e. The van der Waals surface area contributed by atoms with Gasteiger partial charge in [-0.15, -0.1) is 11.8 Å². The Morgan fingerprint density at radius 2 is 1.95 bits per heavy atom. The zero-order valence-corrected chi connectivity index (χ0v) is 13.7. The number of carbonyl (C=O) groups is 2. The zero-order chi connectivity index (χ0) is 15.7. The molecular weight excluding hydrogens is 292 g/mol. The predicted molar refractivity (Wildman–Crippen MR) is 83.2 cm³/mol. The lowest BCUT2D eigenvalue weighted by Gasteiger charge is -2.26. The molecule has 7 heteroatoms. The van der Waals surface area contributed by atoms with Gasteiger partial charge in [0.25, 0.3) is 0 Å². The molecule has 0 spiro atoms. The van der Waals surface area contributed by atoms with E-state index >= 15 is 0 Å². The Balaban J connectivity index is 2.14. The van der Waals surface area contributed by atoms with Crippen LogP contribution in [0.4, 0.5) is 0 Å². The molecule has 0 aromatic heterocycles. The van der Waals surface area contributed by atoms with Crippen LogP contribution in [0.3, 0.4) is 0 Å². The third-order valence-electron chi connectivity index (χ3n) is 3.38. The Morgan fingerprint density at radius 1 is 1.29 bits per heavy atom. The van der Waals surface area contributed by atoms with Crippen LogP contribution in [-0.4, -0.2) is 72.8 Å². The first-order chi connectivity index (χ1) is 9.94. The molecule has 1 rings (SSSR count). The van der Waals surface area contributed by atoms with E-state index in [0.717, 1.165) is 0 Å². The molecule has 122 valence electrons. The van der Waals surface area contributed by atoms with E-state index in [4.69, 9.17) is 9.84 Å². The van der Waals surface area contributed by atoms with E-state index in [1.165, 1.54) is 11.8 Å². The fourth-order valence-corrected chi connectivity index (χ4v) is 2.66. The minimum absolute atomic E-state index is 0.0664. The predicted octanol–water partition coefficient (Wildman–Crippen LogP) is 0.103. The quantitative estimate of drug-likeness (QED) is 0.664. The fourth-order valence-electron chi connectivity index (χ4n) is 1.92. The first kappa shape index (κ1) is 18.3. The van der Waals surface area contributed by atoms with Crippen LogP contribution in [0, 0.1) is 5.41 Å². The lowest BCUT2D eigenvalue weighted by molar-refractivity contribution is -0.132. The smallest absolute Gasteiger partial charge is 0.232 e. The summed E-state index contributed by atoms with van der Waals surface area (Å²) in [6, 6.07) is 0. The lowest BCUT2D eigenvalue weighted by Crippen LogP contribution is -2.42. The van der Waals surface area contributed by atoms with E-state index in [-0.39, 0.29) is 29.6 Å². The monoisotopic (exact) mass is 318 g/mol. The summed E-state index contributed by atoms with van der Waals surface area (Å²) < 4.78 is 5.19. The van der Waals surface area contributed by atoms with Crippen molar-refractivity contribution in [2.24, 2.45) is 5.41 Å². The van der Waals surface area contributed by atoms with Crippen molar-refractivity contribution in [3.05, 3.63) is 0 Å². The van der Waals surface area contributed by atoms with Crippen LogP contribution in [0.5, 0.6) is 0 Å². The normalized spacial score (nSPS) is 15.9. The number of ether oxygens (including phenoxy) is 1. The molecule has 0 aromatic rings. The number of amides is 2. The number of morpholine rings is 1. The van der Waals surface area contributed by atoms with Gasteiger partial charge in [-0.2, -0.15) is 0 Å². The van der Waals surface area contributed by atoms with E-state index in [1.54, 1.807) is 4.90 Å². The molecule has 0 unspecified atom stereocenters. The van der Waals surface area contributed by atoms with Crippen molar-refractivity contribution in [3.8, 4) is 0 Å². The lowest BCUT2D eigenvalue weighted by atomic mass is 9.90. The minimum Gasteiger partial charge on any atom is -0.396 e. The number of aliphatic hydroxyl groups is 1. The summed E-state index contributed by atoms with van der Waals surface area (Å²) in [5.74, 6) is 0.608. The summed E-state index contributed by atoms with van der Waals surface area (Å²) in [7, 11) is 0. The van der Waals surface area contributed by atoms with Gasteiger partial charge >= 0.3 is 0 Å². The molecule has 0 radical (unpaired) electrons. The number of aliphatic hydroxyl groups excluding tert-OH is 1. The van der Waals surface area contributed by atoms with Crippen LogP contribution in [0.15, 0.2) is 0 Å². The van der Waals surface area contributed by atoms with Gasteiger partial charge in [-0.05, 0) is 11.8 Å². The molecule has 2 N–H and O–H groups in total. The van der Waals surface area contributed by atoms with Crippen LogP contribution in [-0.2, 0) is 14.3 Å². The highest BCUT2D eigenvalue weighted by atomic mass is 32.2. The van der Waals surface area contributed by atoms with E-state index in [1.807, 2.05) is 13.8 Å². The molecule has 6 nitrogen and oxygen atoms in total. The van der Waals surface area contributed by atoms with Crippen LogP contribution >= 0.6 is 11.8 Å². The van der Waals surface area contributed by atoms with Crippen molar-refractivity contribution >= 4 is 23.6 Å². The SMILES string of the molecule is CC(C)(CCO)CNC(=O)CSCC(=O)N1CCOCC1. The molecule has 0 atom stereocenters. The number of hydrogen-bond acceptors (Lipinski definition) is 5. The van der Waals surface area contributed by atoms with Gasteiger partial charge in [0.2, 0.25) is 11.8 Å². The molecule has 0 saturated carbocycles. The van der Waals surface area contributed by atoms with Crippen molar-refractivity contribution in [1.82, 2.24) is 10.2 Å². The summed E-state index contributed by atoms with van der Waals surface area (Å²) in [5, 5.41) is 11.8. The number of rotatable bonds is 8. The molecule has 0 aliphatic carbocycles. The largest absolute Gasteiger partial charge is 0.396 e. The van der Waals surface area contributed by atoms with Crippen LogP contribution in [0.2, 0.25) is 0 Å². The molecule has 1 heterocycles. The van der Waals surface area contributed by atoms with E-state index in [0.29, 0.717) is 45.0 Å². The van der Waals surface area contributed by atoms with Crippen LogP contribution < -0.4 is 5.32 Å². The number of hydrogen-bond donors (Lipinski definition) is 2. The third-order valence-corrected chi connectivity index (χ3v) is 4.29. The Bertz CT molecular complexity index is 344. The topological polar surface area (TPSA) is 78.9 Å². The van der Waals surface area contributed by atoms with Gasteiger partial charge in [0, 0.05) is 26.2 Å². The van der Waals surface area contributed by atoms with Gasteiger partial charge in [0.1, 0.15) is 0 Å². The molecule has 0 aromatic carbocycles. The third kappa shape index (κ3) is 7.68. The Labute approximate surface area is 130 Å². The first-order valence-corrected chi connectivity index (χ1v) is 8.41. The average molecular weight is 318 g/mol. The maximum atomic E-state index is 11.9. The number of thioether (sulfide) groups is 1. The summed E-state index contributed by atoms with van der Waals surface area (Å²) in [6.07, 6.45) is 0.649. The Kier molecular flexibility index (Phi) is 8.06. The second-order valence-corrected chi connectivity index (χ2v) is 6.89. The van der Waals surface area contributed by atoms with Gasteiger partial charge in [0.15, 0.2) is 0 Å². The van der Waals surface area contributed by atoms with E-state index < -0.39 is 0 Å². The van der Waals surface area contributed by atoms with E-state index in [9.17, 15) is 9.59 Å². The molecule has 1 aliphatic rings. The molecule has 2 amide bonds. The van der Waals surface area contributed by atoms with Gasteiger partial charge in [-0.25, -0.2) is 0 Å². The highest BCUT2D eigenvalue weighted by molar-refractivity contribution is 8.00. The number of carbonyl (C=O) groups excluding carboxylic acids is 2. The maximum absolute atomic E-state index is 11.9. The van der Waals surface area contributed by atoms with Crippen molar-refractivity contribution in [2.75, 3.05) is 51.0 Å². The minimum atomic E-state index is -0.112. The standard InChI is InChI=1S/C14H26N2O4S/c1-14(2,3-6-17)11-15-12(18)9-21-10-13(19)16-4-7-20-8-5-16/h17H,3-11H2,1-2H3,(H,15,18). The summed E-state index contributed by atoms with van der Waals surface area (Å²) in [6.45, 7) is 7.11. The fraction of sp³-hybridized carbons (Fsp3) is 0.857. The summed E-state index contributed by atoms with van der Waals surface area (Å²) in [5.41, 5.74) is -0.112. The molecule has 1 aliphatic heterocycles. The van der Waals surface area contributed by atoms with E-state index in [2.05, 4.69) is 5.32 Å². The highest BCUT2D eigenvalue weighted by Gasteiger charge is 2.19. The first-order valence-electron chi connectivity index (χ1n) is 7.25. The van der Waals surface area contributed by atoms with Crippen molar-refractivity contribution in [2.45, 2.75) is 20.3 Å².